The number of hydrogen-bond donors (Lipinski definition) is 2. The molecule has 132 valence electrons. The summed E-state index contributed by atoms with van der Waals surface area (Å²) in [5.74, 6) is 0. The summed E-state index contributed by atoms with van der Waals surface area (Å²) in [4.78, 5) is 3.34. The molecule has 0 bridgehead atoms. The number of aliphatic hydroxyl groups excluding tert-OH is 1. The van der Waals surface area contributed by atoms with Gasteiger partial charge in [0.25, 0.3) is 0 Å². The molecule has 1 atom stereocenters. The molecule has 26 heavy (non-hydrogen) atoms. The maximum absolute atomic E-state index is 10.5. The third-order valence-corrected chi connectivity index (χ3v) is 4.83. The number of rotatable bonds is 5. The lowest BCUT2D eigenvalue weighted by Gasteiger charge is -2.24. The van der Waals surface area contributed by atoms with Crippen LogP contribution in [0.3, 0.4) is 0 Å². The molecule has 2 aromatic heterocycles. The molecule has 4 aromatic rings. The lowest BCUT2D eigenvalue weighted by molar-refractivity contribution is 0.215. The molecule has 0 fully saturated rings. The van der Waals surface area contributed by atoms with Gasteiger partial charge < -0.3 is 10.1 Å². The summed E-state index contributed by atoms with van der Waals surface area (Å²) in [6.45, 7) is 5.05. The Hall–Kier alpha value is -2.92. The minimum atomic E-state index is -0.763. The fourth-order valence-corrected chi connectivity index (χ4v) is 3.44. The molecule has 0 amide bonds. The van der Waals surface area contributed by atoms with Crippen LogP contribution in [0.2, 0.25) is 0 Å². The molecule has 0 aliphatic heterocycles. The average Bonchev–Trinajstić information content (AvgIpc) is 3.28. The van der Waals surface area contributed by atoms with E-state index < -0.39 is 6.10 Å². The number of fused-ring (bicyclic) bond motifs is 1. The van der Waals surface area contributed by atoms with E-state index in [-0.39, 0.29) is 5.41 Å². The van der Waals surface area contributed by atoms with Crippen molar-refractivity contribution in [2.45, 2.75) is 31.9 Å². The van der Waals surface area contributed by atoms with Crippen LogP contribution in [0.25, 0.3) is 10.9 Å². The summed E-state index contributed by atoms with van der Waals surface area (Å²) in [5.41, 5.74) is 3.62. The Labute approximate surface area is 152 Å². The van der Waals surface area contributed by atoms with Crippen molar-refractivity contribution in [1.82, 2.24) is 20.0 Å². The molecule has 2 aromatic carbocycles. The molecule has 0 aliphatic carbocycles. The molecule has 0 saturated carbocycles. The fourth-order valence-electron chi connectivity index (χ4n) is 3.44. The van der Waals surface area contributed by atoms with Crippen molar-refractivity contribution < 1.29 is 5.11 Å². The van der Waals surface area contributed by atoms with Crippen molar-refractivity contribution in [2.24, 2.45) is 0 Å². The van der Waals surface area contributed by atoms with Crippen molar-refractivity contribution in [3.05, 3.63) is 83.8 Å². The minimum Gasteiger partial charge on any atom is -0.382 e. The Kier molecular flexibility index (Phi) is 4.09. The van der Waals surface area contributed by atoms with Crippen LogP contribution in [-0.2, 0) is 12.0 Å². The van der Waals surface area contributed by atoms with Gasteiger partial charge in [0.1, 0.15) is 11.8 Å². The van der Waals surface area contributed by atoms with Gasteiger partial charge in [0.2, 0.25) is 0 Å². The zero-order valence-corrected chi connectivity index (χ0v) is 14.9. The van der Waals surface area contributed by atoms with Crippen LogP contribution in [0.5, 0.6) is 0 Å². The van der Waals surface area contributed by atoms with Crippen molar-refractivity contribution in [3.63, 3.8) is 0 Å². The van der Waals surface area contributed by atoms with Gasteiger partial charge in [-0.3, -0.25) is 4.68 Å². The number of nitrogens with zero attached hydrogens (tertiary/aromatic N) is 3. The SMILES string of the molecule is CC(C)(Cn1cc(C(O)c2ccccc2)nn1)c1c[nH]c2ccccc12. The number of H-pyrrole nitrogens is 1. The van der Waals surface area contributed by atoms with Crippen LogP contribution in [0.4, 0.5) is 0 Å². The van der Waals surface area contributed by atoms with Gasteiger partial charge in [-0.2, -0.15) is 0 Å². The molecule has 0 spiro atoms. The van der Waals surface area contributed by atoms with Crippen LogP contribution in [0.1, 0.15) is 36.8 Å². The number of aromatic nitrogens is 4. The highest BCUT2D eigenvalue weighted by Gasteiger charge is 2.26. The van der Waals surface area contributed by atoms with Crippen LogP contribution < -0.4 is 0 Å². The number of aliphatic hydroxyl groups is 1. The van der Waals surface area contributed by atoms with E-state index in [4.69, 9.17) is 0 Å². The maximum atomic E-state index is 10.5. The molecule has 4 rings (SSSR count). The highest BCUT2D eigenvalue weighted by molar-refractivity contribution is 5.84. The van der Waals surface area contributed by atoms with E-state index in [1.807, 2.05) is 47.3 Å². The van der Waals surface area contributed by atoms with E-state index in [1.165, 1.54) is 10.9 Å². The van der Waals surface area contributed by atoms with Gasteiger partial charge in [-0.25, -0.2) is 0 Å². The highest BCUT2D eigenvalue weighted by atomic mass is 16.3. The summed E-state index contributed by atoms with van der Waals surface area (Å²) in [7, 11) is 0. The van der Waals surface area contributed by atoms with E-state index >= 15 is 0 Å². The second kappa shape index (κ2) is 6.42. The Morgan fingerprint density at radius 3 is 2.62 bits per heavy atom. The summed E-state index contributed by atoms with van der Waals surface area (Å²) in [6.07, 6.45) is 3.14. The molecule has 0 aliphatic rings. The lowest BCUT2D eigenvalue weighted by atomic mass is 9.84. The number of benzene rings is 2. The first-order valence-electron chi connectivity index (χ1n) is 8.74. The molecule has 5 nitrogen and oxygen atoms in total. The van der Waals surface area contributed by atoms with E-state index in [0.717, 1.165) is 11.1 Å². The predicted molar refractivity (Wildman–Crippen MR) is 102 cm³/mol. The van der Waals surface area contributed by atoms with Gasteiger partial charge in [0, 0.05) is 22.5 Å². The zero-order valence-electron chi connectivity index (χ0n) is 14.9. The number of nitrogens with one attached hydrogen (secondary N) is 1. The second-order valence-electron chi connectivity index (χ2n) is 7.29. The van der Waals surface area contributed by atoms with Crippen LogP contribution >= 0.6 is 0 Å². The molecule has 0 radical (unpaired) electrons. The summed E-state index contributed by atoms with van der Waals surface area (Å²) in [5, 5.41) is 20.1. The van der Waals surface area contributed by atoms with Gasteiger partial charge in [0.05, 0.1) is 12.7 Å². The summed E-state index contributed by atoms with van der Waals surface area (Å²) < 4.78 is 1.81. The van der Waals surface area contributed by atoms with Crippen molar-refractivity contribution in [2.75, 3.05) is 0 Å². The Morgan fingerprint density at radius 1 is 1.08 bits per heavy atom. The smallest absolute Gasteiger partial charge is 0.124 e. The second-order valence-corrected chi connectivity index (χ2v) is 7.29. The molecule has 2 N–H and O–H groups in total. The first kappa shape index (κ1) is 16.5. The molecule has 0 saturated heterocycles. The van der Waals surface area contributed by atoms with Crippen LogP contribution in [-0.4, -0.2) is 25.1 Å². The van der Waals surface area contributed by atoms with Gasteiger partial charge >= 0.3 is 0 Å². The van der Waals surface area contributed by atoms with E-state index in [9.17, 15) is 5.11 Å². The third-order valence-electron chi connectivity index (χ3n) is 4.83. The maximum Gasteiger partial charge on any atom is 0.124 e. The van der Waals surface area contributed by atoms with E-state index in [2.05, 4.69) is 53.5 Å². The zero-order chi connectivity index (χ0) is 18.1. The first-order valence-corrected chi connectivity index (χ1v) is 8.74. The average molecular weight is 346 g/mol. The standard InChI is InChI=1S/C21H22N4O/c1-21(2,17-12-22-18-11-7-6-10-16(17)18)14-25-13-19(23-24-25)20(26)15-8-4-3-5-9-15/h3-13,20,22,26H,14H2,1-2H3. The van der Waals surface area contributed by atoms with E-state index in [0.29, 0.717) is 12.2 Å². The molecule has 2 heterocycles. The molecular weight excluding hydrogens is 324 g/mol. The van der Waals surface area contributed by atoms with Gasteiger partial charge in [-0.15, -0.1) is 5.10 Å². The van der Waals surface area contributed by atoms with Crippen LogP contribution in [0.15, 0.2) is 67.0 Å². The van der Waals surface area contributed by atoms with Crippen molar-refractivity contribution >= 4 is 10.9 Å². The summed E-state index contributed by atoms with van der Waals surface area (Å²) >= 11 is 0. The highest BCUT2D eigenvalue weighted by Crippen LogP contribution is 2.32. The van der Waals surface area contributed by atoms with Crippen LogP contribution in [0, 0.1) is 0 Å². The number of hydrogen-bond acceptors (Lipinski definition) is 3. The Balaban J connectivity index is 1.58. The Bertz CT molecular complexity index is 1020. The fraction of sp³-hybridized carbons (Fsp3) is 0.238. The third kappa shape index (κ3) is 3.02. The first-order chi connectivity index (χ1) is 12.5. The van der Waals surface area contributed by atoms with Crippen molar-refractivity contribution in [3.8, 4) is 0 Å². The molecule has 1 unspecified atom stereocenters. The minimum absolute atomic E-state index is 0.137. The number of para-hydroxylation sites is 1. The molecular formula is C21H22N4O. The van der Waals surface area contributed by atoms with Gasteiger partial charge in [-0.1, -0.05) is 67.6 Å². The quantitative estimate of drug-likeness (QED) is 0.577. The Morgan fingerprint density at radius 2 is 1.81 bits per heavy atom. The van der Waals surface area contributed by atoms with E-state index in [1.54, 1.807) is 0 Å². The topological polar surface area (TPSA) is 66.7 Å². The monoisotopic (exact) mass is 346 g/mol. The van der Waals surface area contributed by atoms with Crippen molar-refractivity contribution in [1.29, 1.82) is 0 Å². The number of aromatic amines is 1. The largest absolute Gasteiger partial charge is 0.382 e. The normalized spacial score (nSPS) is 13.2. The molecule has 5 heteroatoms. The lowest BCUT2D eigenvalue weighted by Crippen LogP contribution is -2.24. The predicted octanol–water partition coefficient (Wildman–Crippen LogP) is 3.82. The van der Waals surface area contributed by atoms with Gasteiger partial charge in [0.15, 0.2) is 0 Å². The summed E-state index contributed by atoms with van der Waals surface area (Å²) in [6, 6.07) is 17.8. The van der Waals surface area contributed by atoms with Gasteiger partial charge in [-0.05, 0) is 17.2 Å².